The van der Waals surface area contributed by atoms with Crippen LogP contribution < -0.4 is 5.32 Å². The van der Waals surface area contributed by atoms with Crippen molar-refractivity contribution in [2.45, 2.75) is 12.8 Å². The van der Waals surface area contributed by atoms with E-state index in [4.69, 9.17) is 11.6 Å². The van der Waals surface area contributed by atoms with Gasteiger partial charge in [-0.2, -0.15) is 0 Å². The van der Waals surface area contributed by atoms with Gasteiger partial charge in [0.25, 0.3) is 0 Å². The summed E-state index contributed by atoms with van der Waals surface area (Å²) in [5.41, 5.74) is 0. The number of rotatable bonds is 2. The molecule has 1 aliphatic carbocycles. The number of halogens is 1. The molecule has 0 bridgehead atoms. The minimum atomic E-state index is 0.453. The van der Waals surface area contributed by atoms with Crippen LogP contribution in [0.1, 0.15) is 12.8 Å². The fourth-order valence-corrected chi connectivity index (χ4v) is 0.850. The Morgan fingerprint density at radius 1 is 1.57 bits per heavy atom. The number of hydrogen-bond acceptors (Lipinski definition) is 4. The summed E-state index contributed by atoms with van der Waals surface area (Å²) >= 11 is 5.53. The molecular formula is C9H12ClN3O. The van der Waals surface area contributed by atoms with Gasteiger partial charge in [0.05, 0.1) is 0 Å². The van der Waals surface area contributed by atoms with Gasteiger partial charge in [0.1, 0.15) is 23.6 Å². The van der Waals surface area contributed by atoms with Gasteiger partial charge in [-0.15, -0.1) is 0 Å². The van der Waals surface area contributed by atoms with Crippen molar-refractivity contribution in [1.82, 2.24) is 9.97 Å². The summed E-state index contributed by atoms with van der Waals surface area (Å²) in [6, 6.07) is 1.65. The lowest BCUT2D eigenvalue weighted by atomic mass is 10.5. The Labute approximate surface area is 87.7 Å². The first kappa shape index (κ1) is 10.9. The minimum absolute atomic E-state index is 0.453. The summed E-state index contributed by atoms with van der Waals surface area (Å²) in [6.07, 6.45) is 4.72. The average molecular weight is 214 g/mol. The lowest BCUT2D eigenvalue weighted by Gasteiger charge is -1.95. The van der Waals surface area contributed by atoms with E-state index in [1.54, 1.807) is 13.1 Å². The zero-order valence-electron chi connectivity index (χ0n) is 7.90. The maximum absolute atomic E-state index is 9.57. The number of hydrogen-bond donors (Lipinski definition) is 1. The molecule has 0 saturated heterocycles. The second-order valence-corrected chi connectivity index (χ2v) is 3.34. The van der Waals surface area contributed by atoms with Crippen LogP contribution in [0.4, 0.5) is 5.82 Å². The second-order valence-electron chi connectivity index (χ2n) is 2.95. The van der Waals surface area contributed by atoms with E-state index in [0.29, 0.717) is 11.1 Å². The van der Waals surface area contributed by atoms with Gasteiger partial charge in [0.15, 0.2) is 0 Å². The summed E-state index contributed by atoms with van der Waals surface area (Å²) in [7, 11) is 1.78. The molecule has 14 heavy (non-hydrogen) atoms. The van der Waals surface area contributed by atoms with Crippen LogP contribution in [0, 0.1) is 5.92 Å². The van der Waals surface area contributed by atoms with Gasteiger partial charge in [0.2, 0.25) is 0 Å². The van der Waals surface area contributed by atoms with Gasteiger partial charge >= 0.3 is 0 Å². The lowest BCUT2D eigenvalue weighted by molar-refractivity contribution is -0.108. The predicted molar refractivity (Wildman–Crippen MR) is 55.4 cm³/mol. The molecule has 0 unspecified atom stereocenters. The van der Waals surface area contributed by atoms with Crippen molar-refractivity contribution in [3.05, 3.63) is 17.5 Å². The molecule has 1 N–H and O–H groups in total. The quantitative estimate of drug-likeness (QED) is 0.601. The molecule has 1 aromatic rings. The number of carbonyl (C=O) groups excluding carboxylic acids is 1. The number of nitrogens with zero attached hydrogens (tertiary/aromatic N) is 2. The van der Waals surface area contributed by atoms with E-state index in [1.165, 1.54) is 6.33 Å². The smallest absolute Gasteiger partial charge is 0.134 e. The summed E-state index contributed by atoms with van der Waals surface area (Å²) in [5, 5.41) is 3.29. The third-order valence-corrected chi connectivity index (χ3v) is 1.91. The van der Waals surface area contributed by atoms with Crippen molar-refractivity contribution < 1.29 is 4.79 Å². The van der Waals surface area contributed by atoms with Crippen LogP contribution in [0.2, 0.25) is 5.15 Å². The highest BCUT2D eigenvalue weighted by Gasteiger charge is 2.18. The van der Waals surface area contributed by atoms with E-state index in [2.05, 4.69) is 15.3 Å². The highest BCUT2D eigenvalue weighted by molar-refractivity contribution is 6.29. The Morgan fingerprint density at radius 2 is 2.29 bits per heavy atom. The molecule has 1 heterocycles. The van der Waals surface area contributed by atoms with Crippen molar-refractivity contribution in [3.63, 3.8) is 0 Å². The highest BCUT2D eigenvalue weighted by atomic mass is 35.5. The van der Waals surface area contributed by atoms with Crippen LogP contribution in [0.15, 0.2) is 12.4 Å². The Kier molecular flexibility index (Phi) is 4.32. The molecule has 0 spiro atoms. The molecule has 5 heteroatoms. The Balaban J connectivity index is 0.000000165. The van der Waals surface area contributed by atoms with E-state index < -0.39 is 0 Å². The third kappa shape index (κ3) is 4.18. The summed E-state index contributed by atoms with van der Waals surface area (Å²) in [5.74, 6) is 1.19. The molecule has 0 radical (unpaired) electrons. The Hall–Kier alpha value is -1.16. The molecule has 0 aromatic carbocycles. The van der Waals surface area contributed by atoms with Gasteiger partial charge < -0.3 is 10.1 Å². The van der Waals surface area contributed by atoms with E-state index >= 15 is 0 Å². The second kappa shape index (κ2) is 5.54. The summed E-state index contributed by atoms with van der Waals surface area (Å²) in [4.78, 5) is 17.1. The maximum atomic E-state index is 9.57. The minimum Gasteiger partial charge on any atom is -0.373 e. The van der Waals surface area contributed by atoms with Gasteiger partial charge in [-0.1, -0.05) is 11.6 Å². The average Bonchev–Trinajstić information content (AvgIpc) is 3.02. The SMILES string of the molecule is CNc1cc(Cl)ncn1.O=CC1CC1. The molecule has 2 rings (SSSR count). The van der Waals surface area contributed by atoms with Crippen molar-refractivity contribution in [2.75, 3.05) is 12.4 Å². The van der Waals surface area contributed by atoms with Crippen molar-refractivity contribution in [3.8, 4) is 0 Å². The van der Waals surface area contributed by atoms with Crippen LogP contribution in [0.25, 0.3) is 0 Å². The number of anilines is 1. The normalized spacial score (nSPS) is 13.9. The monoisotopic (exact) mass is 213 g/mol. The van der Waals surface area contributed by atoms with Crippen LogP contribution >= 0.6 is 11.6 Å². The summed E-state index contributed by atoms with van der Waals surface area (Å²) < 4.78 is 0. The maximum Gasteiger partial charge on any atom is 0.134 e. The largest absolute Gasteiger partial charge is 0.373 e. The van der Waals surface area contributed by atoms with Crippen LogP contribution in [0.5, 0.6) is 0 Å². The fraction of sp³-hybridized carbons (Fsp3) is 0.444. The zero-order chi connectivity index (χ0) is 10.4. The van der Waals surface area contributed by atoms with E-state index in [9.17, 15) is 4.79 Å². The standard InChI is InChI=1S/C5H6ClN3.C4H6O/c1-7-5-2-4(6)8-3-9-5;5-3-4-1-2-4/h2-3H,1H3,(H,7,8,9);3-4H,1-2H2. The number of aldehydes is 1. The lowest BCUT2D eigenvalue weighted by Crippen LogP contribution is -1.91. The molecule has 0 amide bonds. The highest BCUT2D eigenvalue weighted by Crippen LogP contribution is 2.25. The predicted octanol–water partition coefficient (Wildman–Crippen LogP) is 1.77. The Morgan fingerprint density at radius 3 is 2.57 bits per heavy atom. The van der Waals surface area contributed by atoms with Crippen molar-refractivity contribution in [2.24, 2.45) is 5.92 Å². The van der Waals surface area contributed by atoms with E-state index in [1.807, 2.05) is 0 Å². The molecule has 1 aliphatic rings. The van der Waals surface area contributed by atoms with Crippen LogP contribution in [0.3, 0.4) is 0 Å². The van der Waals surface area contributed by atoms with Gasteiger partial charge in [0, 0.05) is 19.0 Å². The molecule has 0 atom stereocenters. The molecule has 4 nitrogen and oxygen atoms in total. The summed E-state index contributed by atoms with van der Waals surface area (Å²) in [6.45, 7) is 0. The van der Waals surface area contributed by atoms with Gasteiger partial charge in [-0.25, -0.2) is 9.97 Å². The first-order valence-electron chi connectivity index (χ1n) is 4.37. The molecule has 1 saturated carbocycles. The molecule has 1 aromatic heterocycles. The first-order valence-corrected chi connectivity index (χ1v) is 4.74. The molecule has 0 aliphatic heterocycles. The van der Waals surface area contributed by atoms with E-state index in [-0.39, 0.29) is 0 Å². The van der Waals surface area contributed by atoms with E-state index in [0.717, 1.165) is 24.9 Å². The van der Waals surface area contributed by atoms with Gasteiger partial charge in [-0.3, -0.25) is 0 Å². The zero-order valence-corrected chi connectivity index (χ0v) is 8.66. The molecule has 76 valence electrons. The molecular weight excluding hydrogens is 202 g/mol. The van der Waals surface area contributed by atoms with Gasteiger partial charge in [-0.05, 0) is 12.8 Å². The number of aromatic nitrogens is 2. The van der Waals surface area contributed by atoms with Crippen molar-refractivity contribution >= 4 is 23.7 Å². The van der Waals surface area contributed by atoms with Crippen LogP contribution in [-0.4, -0.2) is 23.3 Å². The topological polar surface area (TPSA) is 54.9 Å². The Bertz CT molecular complexity index is 302. The van der Waals surface area contributed by atoms with Crippen LogP contribution in [-0.2, 0) is 4.79 Å². The fourth-order valence-electron chi connectivity index (χ4n) is 0.703. The third-order valence-electron chi connectivity index (χ3n) is 1.70. The van der Waals surface area contributed by atoms with Crippen molar-refractivity contribution in [1.29, 1.82) is 0 Å². The molecule has 1 fully saturated rings. The number of carbonyl (C=O) groups is 1. The first-order chi connectivity index (χ1) is 6.76. The number of nitrogens with one attached hydrogen (secondary N) is 1.